The van der Waals surface area contributed by atoms with Crippen LogP contribution < -0.4 is 5.73 Å². The van der Waals surface area contributed by atoms with Crippen molar-refractivity contribution in [3.8, 4) is 0 Å². The van der Waals surface area contributed by atoms with Crippen LogP contribution in [-0.4, -0.2) is 39.9 Å². The summed E-state index contributed by atoms with van der Waals surface area (Å²) in [4.78, 5) is 15.6. The van der Waals surface area contributed by atoms with Crippen LogP contribution in [0.25, 0.3) is 0 Å². The molecule has 18 heavy (non-hydrogen) atoms. The van der Waals surface area contributed by atoms with E-state index >= 15 is 0 Å². The van der Waals surface area contributed by atoms with Crippen LogP contribution in [0.1, 0.15) is 40.8 Å². The molecule has 3 rings (SSSR count). The highest BCUT2D eigenvalue weighted by molar-refractivity contribution is 5.87. The average Bonchev–Trinajstić information content (AvgIpc) is 2.93. The lowest BCUT2D eigenvalue weighted by Gasteiger charge is -2.23. The quantitative estimate of drug-likeness (QED) is 0.792. The highest BCUT2D eigenvalue weighted by Crippen LogP contribution is 2.29. The molecule has 1 aromatic heterocycles. The maximum Gasteiger partial charge on any atom is 0.356 e. The van der Waals surface area contributed by atoms with Crippen molar-refractivity contribution in [1.29, 1.82) is 0 Å². The Kier molecular flexibility index (Phi) is 2.83. The van der Waals surface area contributed by atoms with Gasteiger partial charge in [0.1, 0.15) is 5.82 Å². The number of hydrogen-bond acceptors (Lipinski definition) is 4. The molecule has 1 fully saturated rings. The second kappa shape index (κ2) is 4.37. The molecule has 1 saturated heterocycles. The Bertz CT molecular complexity index is 477. The number of nitrogens with zero attached hydrogens (tertiary/aromatic N) is 2. The molecule has 1 aromatic rings. The van der Waals surface area contributed by atoms with Gasteiger partial charge in [-0.15, -0.1) is 0 Å². The summed E-state index contributed by atoms with van der Waals surface area (Å²) in [5.74, 6) is 0.135. The third-order valence-electron chi connectivity index (χ3n) is 3.78. The van der Waals surface area contributed by atoms with Crippen LogP contribution in [0, 0.1) is 0 Å². The van der Waals surface area contributed by atoms with Crippen molar-refractivity contribution in [3.05, 3.63) is 17.2 Å². The van der Waals surface area contributed by atoms with Gasteiger partial charge in [-0.25, -0.2) is 9.78 Å². The minimum absolute atomic E-state index is 0.0416. The average molecular weight is 251 g/mol. The Morgan fingerprint density at radius 3 is 3.00 bits per heavy atom. The van der Waals surface area contributed by atoms with E-state index < -0.39 is 5.97 Å². The van der Waals surface area contributed by atoms with Crippen LogP contribution in [0.5, 0.6) is 0 Å². The lowest BCUT2D eigenvalue weighted by atomic mass is 10.0. The number of aromatic nitrogens is 2. The van der Waals surface area contributed by atoms with Crippen LogP contribution in [0.2, 0.25) is 0 Å². The topological polar surface area (TPSA) is 90.4 Å². The van der Waals surface area contributed by atoms with Gasteiger partial charge in [-0.1, -0.05) is 0 Å². The molecule has 0 spiro atoms. The van der Waals surface area contributed by atoms with Gasteiger partial charge in [0, 0.05) is 31.5 Å². The van der Waals surface area contributed by atoms with E-state index in [0.717, 1.165) is 37.5 Å². The molecule has 3 heterocycles. The smallest absolute Gasteiger partial charge is 0.356 e. The lowest BCUT2D eigenvalue weighted by molar-refractivity contribution is 0.0689. The largest absolute Gasteiger partial charge is 0.476 e. The highest BCUT2D eigenvalue weighted by atomic mass is 16.5. The minimum Gasteiger partial charge on any atom is -0.476 e. The normalized spacial score (nSPS) is 27.2. The number of carboxylic acid groups (broad SMARTS) is 1. The van der Waals surface area contributed by atoms with Crippen molar-refractivity contribution in [1.82, 2.24) is 9.55 Å². The van der Waals surface area contributed by atoms with Crippen LogP contribution in [0.15, 0.2) is 0 Å². The molecule has 6 heteroatoms. The number of rotatable bonds is 2. The summed E-state index contributed by atoms with van der Waals surface area (Å²) >= 11 is 0. The van der Waals surface area contributed by atoms with Crippen molar-refractivity contribution in [2.24, 2.45) is 5.73 Å². The minimum atomic E-state index is -0.960. The second-order valence-electron chi connectivity index (χ2n) is 5.04. The molecular weight excluding hydrogens is 234 g/mol. The SMILES string of the molecule is NC1CCn2c(C3CCOC3)nc(C(=O)O)c2C1. The first-order chi connectivity index (χ1) is 8.66. The summed E-state index contributed by atoms with van der Waals surface area (Å²) in [6, 6.07) is 0.0416. The molecule has 2 unspecified atom stereocenters. The van der Waals surface area contributed by atoms with Gasteiger partial charge in [0.2, 0.25) is 0 Å². The number of carboxylic acids is 1. The fourth-order valence-electron chi connectivity index (χ4n) is 2.83. The van der Waals surface area contributed by atoms with Crippen LogP contribution in [-0.2, 0) is 17.7 Å². The summed E-state index contributed by atoms with van der Waals surface area (Å²) in [7, 11) is 0. The molecule has 2 atom stereocenters. The first-order valence-corrected chi connectivity index (χ1v) is 6.32. The summed E-state index contributed by atoms with van der Waals surface area (Å²) in [5.41, 5.74) is 6.88. The van der Waals surface area contributed by atoms with Crippen molar-refractivity contribution < 1.29 is 14.6 Å². The molecule has 0 saturated carbocycles. The van der Waals surface area contributed by atoms with Crippen molar-refractivity contribution in [2.45, 2.75) is 37.8 Å². The molecule has 0 aliphatic carbocycles. The third-order valence-corrected chi connectivity index (χ3v) is 3.78. The Hall–Kier alpha value is -1.40. The fraction of sp³-hybridized carbons (Fsp3) is 0.667. The van der Waals surface area contributed by atoms with E-state index in [1.54, 1.807) is 0 Å². The maximum atomic E-state index is 11.3. The fourth-order valence-corrected chi connectivity index (χ4v) is 2.83. The number of imidazole rings is 1. The van der Waals surface area contributed by atoms with E-state index in [-0.39, 0.29) is 17.7 Å². The van der Waals surface area contributed by atoms with E-state index in [4.69, 9.17) is 10.5 Å². The van der Waals surface area contributed by atoms with Gasteiger partial charge in [-0.3, -0.25) is 0 Å². The second-order valence-corrected chi connectivity index (χ2v) is 5.04. The van der Waals surface area contributed by atoms with Crippen molar-refractivity contribution in [3.63, 3.8) is 0 Å². The number of aromatic carboxylic acids is 1. The lowest BCUT2D eigenvalue weighted by Crippen LogP contribution is -2.32. The maximum absolute atomic E-state index is 11.3. The molecule has 0 amide bonds. The van der Waals surface area contributed by atoms with Gasteiger partial charge in [0.05, 0.1) is 12.3 Å². The Labute approximate surface area is 105 Å². The van der Waals surface area contributed by atoms with Crippen LogP contribution in [0.3, 0.4) is 0 Å². The number of carbonyl (C=O) groups is 1. The summed E-state index contributed by atoms with van der Waals surface area (Å²) in [6.45, 7) is 2.14. The molecular formula is C12H17N3O3. The highest BCUT2D eigenvalue weighted by Gasteiger charge is 2.31. The van der Waals surface area contributed by atoms with Crippen molar-refractivity contribution in [2.75, 3.05) is 13.2 Å². The summed E-state index contributed by atoms with van der Waals surface area (Å²) in [5, 5.41) is 9.24. The van der Waals surface area contributed by atoms with E-state index in [0.29, 0.717) is 13.0 Å². The van der Waals surface area contributed by atoms with Gasteiger partial charge >= 0.3 is 5.97 Å². The Morgan fingerprint density at radius 1 is 1.50 bits per heavy atom. The number of nitrogens with two attached hydrogens (primary N) is 1. The summed E-state index contributed by atoms with van der Waals surface area (Å²) < 4.78 is 7.42. The molecule has 0 bridgehead atoms. The first-order valence-electron chi connectivity index (χ1n) is 6.32. The van der Waals surface area contributed by atoms with Gasteiger partial charge in [-0.05, 0) is 12.8 Å². The van der Waals surface area contributed by atoms with E-state index in [1.165, 1.54) is 0 Å². The van der Waals surface area contributed by atoms with Gasteiger partial charge in [0.15, 0.2) is 5.69 Å². The number of ether oxygens (including phenoxy) is 1. The Morgan fingerprint density at radius 2 is 2.33 bits per heavy atom. The van der Waals surface area contributed by atoms with Gasteiger partial charge in [0.25, 0.3) is 0 Å². The standard InChI is InChI=1S/C12H17N3O3/c13-8-1-3-15-9(5-8)10(12(16)17)14-11(15)7-2-4-18-6-7/h7-8H,1-6,13H2,(H,16,17). The summed E-state index contributed by atoms with van der Waals surface area (Å²) in [6.07, 6.45) is 2.40. The van der Waals surface area contributed by atoms with Gasteiger partial charge in [-0.2, -0.15) is 0 Å². The molecule has 3 N–H and O–H groups in total. The monoisotopic (exact) mass is 251 g/mol. The molecule has 0 aromatic carbocycles. The zero-order valence-electron chi connectivity index (χ0n) is 10.1. The van der Waals surface area contributed by atoms with Crippen LogP contribution in [0.4, 0.5) is 0 Å². The predicted octanol–water partition coefficient (Wildman–Crippen LogP) is 0.359. The number of fused-ring (bicyclic) bond motifs is 1. The molecule has 6 nitrogen and oxygen atoms in total. The zero-order valence-corrected chi connectivity index (χ0v) is 10.1. The molecule has 98 valence electrons. The molecule has 2 aliphatic heterocycles. The Balaban J connectivity index is 2.04. The van der Waals surface area contributed by atoms with E-state index in [1.807, 2.05) is 4.57 Å². The van der Waals surface area contributed by atoms with E-state index in [2.05, 4.69) is 4.98 Å². The van der Waals surface area contributed by atoms with E-state index in [9.17, 15) is 9.90 Å². The third kappa shape index (κ3) is 1.81. The van der Waals surface area contributed by atoms with Crippen LogP contribution >= 0.6 is 0 Å². The predicted molar refractivity (Wildman–Crippen MR) is 63.7 cm³/mol. The van der Waals surface area contributed by atoms with Crippen molar-refractivity contribution >= 4 is 5.97 Å². The first kappa shape index (κ1) is 11.7. The molecule has 2 aliphatic rings. The molecule has 0 radical (unpaired) electrons. The number of hydrogen-bond donors (Lipinski definition) is 2. The zero-order chi connectivity index (χ0) is 12.7. The van der Waals surface area contributed by atoms with Gasteiger partial charge < -0.3 is 20.1 Å².